The molecule has 22 heavy (non-hydrogen) atoms. The maximum Gasteiger partial charge on any atom is 0.410 e. The van der Waals surface area contributed by atoms with Gasteiger partial charge >= 0.3 is 12.1 Å². The molecule has 1 aromatic carbocycles. The summed E-state index contributed by atoms with van der Waals surface area (Å²) in [7, 11) is 0. The number of benzene rings is 1. The van der Waals surface area contributed by atoms with Gasteiger partial charge in [-0.2, -0.15) is 0 Å². The van der Waals surface area contributed by atoms with Crippen molar-refractivity contribution in [2.24, 2.45) is 0 Å². The Bertz CT molecular complexity index is 594. The van der Waals surface area contributed by atoms with Crippen molar-refractivity contribution in [1.29, 1.82) is 0 Å². The number of piperidine rings is 1. The van der Waals surface area contributed by atoms with Crippen molar-refractivity contribution in [3.05, 3.63) is 35.9 Å². The Labute approximate surface area is 127 Å². The highest BCUT2D eigenvalue weighted by Gasteiger charge is 2.48. The second-order valence-corrected chi connectivity index (χ2v) is 5.52. The molecule has 0 saturated carbocycles. The average molecular weight is 303 g/mol. The first kappa shape index (κ1) is 14.4. The van der Waals surface area contributed by atoms with Crippen LogP contribution in [-0.4, -0.2) is 41.6 Å². The number of carbonyl (C=O) groups is 3. The zero-order chi connectivity index (χ0) is 15.6. The molecular weight excluding hydrogens is 286 g/mol. The highest BCUT2D eigenvalue weighted by atomic mass is 16.6. The van der Waals surface area contributed by atoms with Gasteiger partial charge in [-0.1, -0.05) is 30.3 Å². The number of imide groups is 1. The summed E-state index contributed by atoms with van der Waals surface area (Å²) >= 11 is 0. The summed E-state index contributed by atoms with van der Waals surface area (Å²) in [5.41, 5.74) is 0.0552. The molecule has 0 atom stereocenters. The lowest BCUT2D eigenvalue weighted by Gasteiger charge is -2.36. The fourth-order valence-corrected chi connectivity index (χ4v) is 2.76. The molecule has 0 unspecified atom stereocenters. The standard InChI is InChI=1S/C15H17N3O4/c19-12-15(17-13(20)16-12)6-8-18(9-7-15)14(21)22-10-11-4-2-1-3-5-11/h1-5H,6-10H2,(H2,16,17,19,20). The number of nitrogens with zero attached hydrogens (tertiary/aromatic N) is 1. The van der Waals surface area contributed by atoms with E-state index in [1.807, 2.05) is 30.3 Å². The van der Waals surface area contributed by atoms with Crippen LogP contribution >= 0.6 is 0 Å². The van der Waals surface area contributed by atoms with Gasteiger partial charge in [0.15, 0.2) is 0 Å². The molecule has 0 aliphatic carbocycles. The monoisotopic (exact) mass is 303 g/mol. The van der Waals surface area contributed by atoms with Crippen molar-refractivity contribution >= 4 is 18.0 Å². The minimum absolute atomic E-state index is 0.221. The lowest BCUT2D eigenvalue weighted by atomic mass is 9.88. The molecule has 4 amide bonds. The van der Waals surface area contributed by atoms with Crippen molar-refractivity contribution < 1.29 is 19.1 Å². The third-order valence-electron chi connectivity index (χ3n) is 4.09. The van der Waals surface area contributed by atoms with Gasteiger partial charge in [-0.25, -0.2) is 9.59 Å². The molecular formula is C15H17N3O4. The molecule has 0 aromatic heterocycles. The Balaban J connectivity index is 1.52. The van der Waals surface area contributed by atoms with E-state index in [4.69, 9.17) is 4.74 Å². The van der Waals surface area contributed by atoms with Crippen LogP contribution in [-0.2, 0) is 16.1 Å². The van der Waals surface area contributed by atoms with Crippen molar-refractivity contribution in [3.63, 3.8) is 0 Å². The van der Waals surface area contributed by atoms with Crippen LogP contribution in [0.5, 0.6) is 0 Å². The van der Waals surface area contributed by atoms with Crippen molar-refractivity contribution in [1.82, 2.24) is 15.5 Å². The lowest BCUT2D eigenvalue weighted by molar-refractivity contribution is -0.125. The number of nitrogens with one attached hydrogen (secondary N) is 2. The molecule has 1 aromatic rings. The van der Waals surface area contributed by atoms with Crippen molar-refractivity contribution in [3.8, 4) is 0 Å². The minimum atomic E-state index is -0.868. The van der Waals surface area contributed by atoms with Gasteiger partial charge < -0.3 is 15.0 Å². The Hall–Kier alpha value is -2.57. The maximum atomic E-state index is 12.0. The van der Waals surface area contributed by atoms with Crippen LogP contribution in [0.1, 0.15) is 18.4 Å². The SMILES string of the molecule is O=C1NC(=O)C2(CCN(C(=O)OCc3ccccc3)CC2)N1. The Morgan fingerprint density at radius 1 is 1.18 bits per heavy atom. The van der Waals surface area contributed by atoms with Crippen LogP contribution in [0.25, 0.3) is 0 Å². The van der Waals surface area contributed by atoms with E-state index in [2.05, 4.69) is 10.6 Å². The van der Waals surface area contributed by atoms with E-state index in [1.165, 1.54) is 0 Å². The van der Waals surface area contributed by atoms with Crippen LogP contribution in [0.3, 0.4) is 0 Å². The summed E-state index contributed by atoms with van der Waals surface area (Å²) < 4.78 is 5.27. The van der Waals surface area contributed by atoms with Crippen LogP contribution < -0.4 is 10.6 Å². The van der Waals surface area contributed by atoms with Gasteiger partial charge in [-0.15, -0.1) is 0 Å². The Morgan fingerprint density at radius 2 is 1.86 bits per heavy atom. The van der Waals surface area contributed by atoms with E-state index in [0.717, 1.165) is 5.56 Å². The quantitative estimate of drug-likeness (QED) is 0.798. The largest absolute Gasteiger partial charge is 0.445 e. The van der Waals surface area contributed by atoms with E-state index >= 15 is 0 Å². The third-order valence-corrected chi connectivity index (χ3v) is 4.09. The van der Waals surface area contributed by atoms with E-state index in [0.29, 0.717) is 25.9 Å². The molecule has 7 heteroatoms. The number of rotatable bonds is 2. The fraction of sp³-hybridized carbons (Fsp3) is 0.400. The van der Waals surface area contributed by atoms with E-state index in [9.17, 15) is 14.4 Å². The topological polar surface area (TPSA) is 87.7 Å². The van der Waals surface area contributed by atoms with Crippen LogP contribution in [0, 0.1) is 0 Å². The van der Waals surface area contributed by atoms with Crippen molar-refractivity contribution in [2.45, 2.75) is 25.0 Å². The number of likely N-dealkylation sites (tertiary alicyclic amines) is 1. The molecule has 2 fully saturated rings. The van der Waals surface area contributed by atoms with Gasteiger partial charge in [0.1, 0.15) is 12.1 Å². The minimum Gasteiger partial charge on any atom is -0.445 e. The first-order valence-electron chi connectivity index (χ1n) is 7.18. The normalized spacial score (nSPS) is 19.7. The Kier molecular flexibility index (Phi) is 3.70. The van der Waals surface area contributed by atoms with Gasteiger partial charge in [0.05, 0.1) is 0 Å². The van der Waals surface area contributed by atoms with E-state index in [-0.39, 0.29) is 12.5 Å². The number of carbonyl (C=O) groups excluding carboxylic acids is 3. The highest BCUT2D eigenvalue weighted by molar-refractivity contribution is 6.07. The summed E-state index contributed by atoms with van der Waals surface area (Å²) in [6.07, 6.45) is 0.388. The predicted molar refractivity (Wildman–Crippen MR) is 76.8 cm³/mol. The molecule has 2 heterocycles. The van der Waals surface area contributed by atoms with Crippen LogP contribution in [0.4, 0.5) is 9.59 Å². The van der Waals surface area contributed by atoms with Gasteiger partial charge in [0.25, 0.3) is 5.91 Å². The number of urea groups is 1. The van der Waals surface area contributed by atoms with Crippen LogP contribution in [0.2, 0.25) is 0 Å². The lowest BCUT2D eigenvalue weighted by Crippen LogP contribution is -2.55. The van der Waals surface area contributed by atoms with E-state index < -0.39 is 17.7 Å². The summed E-state index contributed by atoms with van der Waals surface area (Å²) in [6.45, 7) is 0.973. The Morgan fingerprint density at radius 3 is 2.45 bits per heavy atom. The molecule has 7 nitrogen and oxygen atoms in total. The predicted octanol–water partition coefficient (Wildman–Crippen LogP) is 0.997. The highest BCUT2D eigenvalue weighted by Crippen LogP contribution is 2.25. The molecule has 2 saturated heterocycles. The summed E-state index contributed by atoms with van der Waals surface area (Å²) in [5, 5.41) is 4.90. The molecule has 0 bridgehead atoms. The van der Waals surface area contributed by atoms with Crippen LogP contribution in [0.15, 0.2) is 30.3 Å². The fourth-order valence-electron chi connectivity index (χ4n) is 2.76. The number of hydrogen-bond donors (Lipinski definition) is 2. The molecule has 0 radical (unpaired) electrons. The number of ether oxygens (including phenoxy) is 1. The molecule has 2 aliphatic heterocycles. The zero-order valence-corrected chi connectivity index (χ0v) is 12.0. The third kappa shape index (κ3) is 2.74. The molecule has 3 rings (SSSR count). The summed E-state index contributed by atoms with van der Waals surface area (Å²) in [6, 6.07) is 8.97. The number of amides is 4. The summed E-state index contributed by atoms with van der Waals surface area (Å²) in [5.74, 6) is -0.310. The molecule has 2 N–H and O–H groups in total. The first-order chi connectivity index (χ1) is 10.6. The van der Waals surface area contributed by atoms with E-state index in [1.54, 1.807) is 4.90 Å². The smallest absolute Gasteiger partial charge is 0.410 e. The summed E-state index contributed by atoms with van der Waals surface area (Å²) in [4.78, 5) is 36.7. The zero-order valence-electron chi connectivity index (χ0n) is 12.0. The number of hydrogen-bond acceptors (Lipinski definition) is 4. The maximum absolute atomic E-state index is 12.0. The first-order valence-corrected chi connectivity index (χ1v) is 7.18. The second kappa shape index (κ2) is 5.67. The van der Waals surface area contributed by atoms with Gasteiger partial charge in [0.2, 0.25) is 0 Å². The van der Waals surface area contributed by atoms with Gasteiger partial charge in [-0.3, -0.25) is 10.1 Å². The molecule has 116 valence electrons. The molecule has 2 aliphatic rings. The molecule has 1 spiro atoms. The van der Waals surface area contributed by atoms with Gasteiger partial charge in [0, 0.05) is 13.1 Å². The average Bonchev–Trinajstić information content (AvgIpc) is 2.80. The van der Waals surface area contributed by atoms with Gasteiger partial charge in [-0.05, 0) is 18.4 Å². The second-order valence-electron chi connectivity index (χ2n) is 5.52. The van der Waals surface area contributed by atoms with Crippen molar-refractivity contribution in [2.75, 3.05) is 13.1 Å².